The van der Waals surface area contributed by atoms with Gasteiger partial charge in [0.2, 0.25) is 0 Å². The van der Waals surface area contributed by atoms with Crippen molar-refractivity contribution >= 4 is 95.3 Å². The van der Waals surface area contributed by atoms with Gasteiger partial charge in [0.05, 0.1) is 20.8 Å². The van der Waals surface area contributed by atoms with Crippen molar-refractivity contribution < 1.29 is 9.53 Å². The average molecular weight is 665 g/mol. The first-order chi connectivity index (χ1) is 17.2. The maximum Gasteiger partial charge on any atom is 0.271 e. The monoisotopic (exact) mass is 662 g/mol. The summed E-state index contributed by atoms with van der Waals surface area (Å²) < 4.78 is 7.28. The number of anilines is 1. The van der Waals surface area contributed by atoms with Gasteiger partial charge in [0.1, 0.15) is 12.4 Å². The molecule has 1 aliphatic heterocycles. The molecule has 0 saturated carbocycles. The second kappa shape index (κ2) is 11.5. The molecule has 1 aliphatic rings. The summed E-state index contributed by atoms with van der Waals surface area (Å²) in [4.78, 5) is 20.5. The van der Waals surface area contributed by atoms with E-state index in [1.54, 1.807) is 23.1 Å². The third-order valence-corrected chi connectivity index (χ3v) is 8.05. The molecule has 1 heterocycles. The molecule has 3 aromatic rings. The number of ether oxygens (including phenoxy) is 1. The van der Waals surface area contributed by atoms with Gasteiger partial charge in [-0.25, -0.2) is 4.99 Å². The number of terminal acetylenes is 1. The zero-order valence-electron chi connectivity index (χ0n) is 19.1. The van der Waals surface area contributed by atoms with Gasteiger partial charge in [-0.2, -0.15) is 0 Å². The summed E-state index contributed by atoms with van der Waals surface area (Å²) in [7, 11) is 0. The largest absolute Gasteiger partial charge is 0.479 e. The number of aliphatic imine (C=N–C) groups is 1. The van der Waals surface area contributed by atoms with Crippen molar-refractivity contribution in [3.05, 3.63) is 89.1 Å². The Balaban J connectivity index is 1.84. The summed E-state index contributed by atoms with van der Waals surface area (Å²) in [6.07, 6.45) is 7.16. The van der Waals surface area contributed by atoms with Crippen molar-refractivity contribution in [2.75, 3.05) is 11.5 Å². The molecule has 0 aliphatic carbocycles. The molecule has 0 aromatic heterocycles. The number of amides is 1. The molecule has 3 aromatic carbocycles. The number of benzene rings is 3. The van der Waals surface area contributed by atoms with E-state index in [4.69, 9.17) is 39.4 Å². The van der Waals surface area contributed by atoms with Crippen molar-refractivity contribution in [3.63, 3.8) is 0 Å². The maximum atomic E-state index is 13.7. The Labute approximate surface area is 241 Å². The Bertz CT molecular complexity index is 1480. The summed E-state index contributed by atoms with van der Waals surface area (Å²) in [5, 5.41) is 1.63. The number of thioether (sulfide) groups is 1. The number of hydrogen-bond donors (Lipinski definition) is 0. The van der Waals surface area contributed by atoms with Gasteiger partial charge in [0, 0.05) is 20.1 Å². The van der Waals surface area contributed by atoms with Crippen molar-refractivity contribution in [1.29, 1.82) is 0 Å². The molecule has 182 valence electrons. The van der Waals surface area contributed by atoms with Crippen LogP contribution in [0, 0.1) is 26.2 Å². The van der Waals surface area contributed by atoms with E-state index in [2.05, 4.69) is 37.8 Å². The van der Waals surface area contributed by atoms with Gasteiger partial charge >= 0.3 is 0 Å². The van der Waals surface area contributed by atoms with Gasteiger partial charge < -0.3 is 4.74 Å². The highest BCUT2D eigenvalue weighted by molar-refractivity contribution is 9.11. The first-order valence-electron chi connectivity index (χ1n) is 10.6. The van der Waals surface area contributed by atoms with Gasteiger partial charge in [0.25, 0.3) is 5.91 Å². The molecule has 0 spiro atoms. The molecule has 0 unspecified atom stereocenters. The molecule has 0 N–H and O–H groups in total. The van der Waals surface area contributed by atoms with Gasteiger partial charge in [-0.05, 0) is 95.1 Å². The fraction of sp³-hybridized carbons (Fsp3) is 0.111. The van der Waals surface area contributed by atoms with E-state index >= 15 is 0 Å². The first-order valence-corrected chi connectivity index (χ1v) is 13.7. The van der Waals surface area contributed by atoms with Crippen LogP contribution < -0.4 is 9.64 Å². The number of aryl methyl sites for hydroxylation is 2. The fourth-order valence-corrected chi connectivity index (χ4v) is 6.07. The van der Waals surface area contributed by atoms with E-state index in [9.17, 15) is 4.79 Å². The molecule has 1 amide bonds. The van der Waals surface area contributed by atoms with Crippen LogP contribution in [0.3, 0.4) is 0 Å². The highest BCUT2D eigenvalue weighted by atomic mass is 79.9. The molecule has 4 nitrogen and oxygen atoms in total. The second-order valence-electron chi connectivity index (χ2n) is 7.81. The van der Waals surface area contributed by atoms with Crippen LogP contribution in [0.5, 0.6) is 5.75 Å². The van der Waals surface area contributed by atoms with E-state index in [-0.39, 0.29) is 12.5 Å². The van der Waals surface area contributed by atoms with Crippen molar-refractivity contribution in [2.24, 2.45) is 4.99 Å². The standard InChI is InChI=1S/C27H18Br2Cl2N2O2S/c1-4-9-35-25-17(10-18(28)12-21(25)29)11-24-26(34)33(20-8-6-16(3)23(31)14-20)27(36-24)32-19-7-5-15(2)22(30)13-19/h1,5-8,10-14H,9H2,2-3H3/b24-11+,32-27?. The van der Waals surface area contributed by atoms with Crippen LogP contribution in [-0.2, 0) is 4.79 Å². The van der Waals surface area contributed by atoms with Crippen LogP contribution in [0.25, 0.3) is 6.08 Å². The lowest BCUT2D eigenvalue weighted by Crippen LogP contribution is -2.28. The number of hydrogen-bond acceptors (Lipinski definition) is 4. The molecule has 0 bridgehead atoms. The SMILES string of the molecule is C#CCOc1c(Br)cc(Br)cc1/C=C1/SC(=Nc2ccc(C)c(Cl)c2)N(c2ccc(C)c(Cl)c2)C1=O. The highest BCUT2D eigenvalue weighted by Gasteiger charge is 2.35. The van der Waals surface area contributed by atoms with Crippen LogP contribution in [0.15, 0.2) is 67.4 Å². The molecule has 0 atom stereocenters. The molecular weight excluding hydrogens is 647 g/mol. The van der Waals surface area contributed by atoms with E-state index in [0.29, 0.717) is 47.3 Å². The lowest BCUT2D eigenvalue weighted by atomic mass is 10.1. The number of halogens is 4. The Morgan fingerprint density at radius 1 is 1.08 bits per heavy atom. The fourth-order valence-electron chi connectivity index (χ4n) is 3.35. The smallest absolute Gasteiger partial charge is 0.271 e. The maximum absolute atomic E-state index is 13.7. The van der Waals surface area contributed by atoms with E-state index < -0.39 is 0 Å². The quantitative estimate of drug-likeness (QED) is 0.202. The number of amidine groups is 1. The molecule has 1 saturated heterocycles. The first kappa shape index (κ1) is 26.8. The third kappa shape index (κ3) is 5.85. The lowest BCUT2D eigenvalue weighted by molar-refractivity contribution is -0.113. The summed E-state index contributed by atoms with van der Waals surface area (Å²) in [6, 6.07) is 14.7. The van der Waals surface area contributed by atoms with Gasteiger partial charge in [-0.1, -0.05) is 57.2 Å². The predicted octanol–water partition coefficient (Wildman–Crippen LogP) is 8.96. The minimum atomic E-state index is -0.240. The summed E-state index contributed by atoms with van der Waals surface area (Å²) in [6.45, 7) is 3.92. The molecule has 9 heteroatoms. The van der Waals surface area contributed by atoms with Crippen LogP contribution in [0.1, 0.15) is 16.7 Å². The van der Waals surface area contributed by atoms with Crippen molar-refractivity contribution in [3.8, 4) is 18.1 Å². The van der Waals surface area contributed by atoms with Crippen LogP contribution in [0.2, 0.25) is 10.0 Å². The summed E-state index contributed by atoms with van der Waals surface area (Å²) >= 11 is 21.0. The Kier molecular flexibility index (Phi) is 8.54. The lowest BCUT2D eigenvalue weighted by Gasteiger charge is -2.17. The highest BCUT2D eigenvalue weighted by Crippen LogP contribution is 2.41. The number of nitrogens with zero attached hydrogens (tertiary/aromatic N) is 2. The van der Waals surface area contributed by atoms with E-state index in [0.717, 1.165) is 15.6 Å². The van der Waals surface area contributed by atoms with Gasteiger partial charge in [0.15, 0.2) is 5.17 Å². The molecule has 4 rings (SSSR count). The van der Waals surface area contributed by atoms with Crippen molar-refractivity contribution in [2.45, 2.75) is 13.8 Å². The van der Waals surface area contributed by atoms with Gasteiger partial charge in [-0.3, -0.25) is 9.69 Å². The zero-order chi connectivity index (χ0) is 26.0. The molecule has 1 fully saturated rings. The van der Waals surface area contributed by atoms with Crippen LogP contribution in [0.4, 0.5) is 11.4 Å². The Morgan fingerprint density at radius 2 is 1.78 bits per heavy atom. The molecule has 0 radical (unpaired) electrons. The minimum absolute atomic E-state index is 0.0897. The topological polar surface area (TPSA) is 41.9 Å². The summed E-state index contributed by atoms with van der Waals surface area (Å²) in [5.74, 6) is 2.77. The Hall–Kier alpha value is -2.21. The molecule has 36 heavy (non-hydrogen) atoms. The zero-order valence-corrected chi connectivity index (χ0v) is 24.6. The number of carbonyl (C=O) groups excluding carboxylic acids is 1. The van der Waals surface area contributed by atoms with Crippen LogP contribution in [-0.4, -0.2) is 17.7 Å². The minimum Gasteiger partial charge on any atom is -0.479 e. The van der Waals surface area contributed by atoms with Crippen LogP contribution >= 0.6 is 66.8 Å². The number of carbonyl (C=O) groups is 1. The number of rotatable bonds is 5. The second-order valence-corrected chi connectivity index (χ2v) is 11.4. The summed E-state index contributed by atoms with van der Waals surface area (Å²) in [5.41, 5.74) is 3.78. The van der Waals surface area contributed by atoms with E-state index in [1.807, 2.05) is 50.2 Å². The predicted molar refractivity (Wildman–Crippen MR) is 159 cm³/mol. The third-order valence-electron chi connectivity index (χ3n) is 5.22. The normalized spacial score (nSPS) is 15.6. The Morgan fingerprint density at radius 3 is 2.44 bits per heavy atom. The van der Waals surface area contributed by atoms with Crippen molar-refractivity contribution in [1.82, 2.24) is 0 Å². The average Bonchev–Trinajstić information content (AvgIpc) is 3.12. The van der Waals surface area contributed by atoms with E-state index in [1.165, 1.54) is 11.8 Å². The molecular formula is C27H18Br2Cl2N2O2S. The van der Waals surface area contributed by atoms with Gasteiger partial charge in [-0.15, -0.1) is 6.42 Å².